The van der Waals surface area contributed by atoms with Gasteiger partial charge >= 0.3 is 0 Å². The van der Waals surface area contributed by atoms with Crippen LogP contribution < -0.4 is 5.73 Å². The minimum absolute atomic E-state index is 0.363. The van der Waals surface area contributed by atoms with E-state index in [1.165, 1.54) is 6.07 Å². The molecule has 0 amide bonds. The van der Waals surface area contributed by atoms with E-state index < -0.39 is 12.1 Å². The molecule has 0 fully saturated rings. The molecule has 4 heteroatoms. The van der Waals surface area contributed by atoms with E-state index in [1.807, 2.05) is 0 Å². The van der Waals surface area contributed by atoms with Gasteiger partial charge in [0.1, 0.15) is 5.82 Å². The second-order valence-electron chi connectivity index (χ2n) is 2.93. The number of hydrogen-bond acceptors (Lipinski definition) is 2. The topological polar surface area (TPSA) is 46.2 Å². The van der Waals surface area contributed by atoms with Gasteiger partial charge < -0.3 is 10.8 Å². The van der Waals surface area contributed by atoms with Crippen molar-refractivity contribution in [2.45, 2.75) is 19.1 Å². The summed E-state index contributed by atoms with van der Waals surface area (Å²) in [7, 11) is 0. The number of nitrogens with two attached hydrogens (primary N) is 1. The van der Waals surface area contributed by atoms with E-state index in [4.69, 9.17) is 5.73 Å². The number of aliphatic hydroxyl groups excluding tert-OH is 1. The predicted octanol–water partition coefficient (Wildman–Crippen LogP) is 1.81. The Morgan fingerprint density at radius 2 is 2.15 bits per heavy atom. The van der Waals surface area contributed by atoms with Crippen molar-refractivity contribution in [3.63, 3.8) is 0 Å². The van der Waals surface area contributed by atoms with Gasteiger partial charge in [-0.05, 0) is 47.7 Å². The summed E-state index contributed by atoms with van der Waals surface area (Å²) < 4.78 is 14.1. The van der Waals surface area contributed by atoms with Crippen molar-refractivity contribution in [3.8, 4) is 0 Å². The SMILES string of the molecule is CC(O)[C@@H](N)c1cc(I)ccc1F. The average molecular weight is 295 g/mol. The van der Waals surface area contributed by atoms with Gasteiger partial charge in [0.25, 0.3) is 0 Å². The summed E-state index contributed by atoms with van der Waals surface area (Å²) in [5.74, 6) is -0.367. The molecule has 0 saturated heterocycles. The van der Waals surface area contributed by atoms with Crippen LogP contribution in [-0.2, 0) is 0 Å². The van der Waals surface area contributed by atoms with Crippen LogP contribution in [0, 0.1) is 9.39 Å². The smallest absolute Gasteiger partial charge is 0.128 e. The highest BCUT2D eigenvalue weighted by Gasteiger charge is 2.16. The molecule has 1 rings (SSSR count). The average Bonchev–Trinajstić information content (AvgIpc) is 2.08. The van der Waals surface area contributed by atoms with E-state index >= 15 is 0 Å². The van der Waals surface area contributed by atoms with Gasteiger partial charge in [-0.15, -0.1) is 0 Å². The van der Waals surface area contributed by atoms with E-state index in [0.717, 1.165) is 3.57 Å². The van der Waals surface area contributed by atoms with Crippen molar-refractivity contribution in [1.29, 1.82) is 0 Å². The summed E-state index contributed by atoms with van der Waals surface area (Å²) in [6.07, 6.45) is -0.743. The first-order valence-corrected chi connectivity index (χ1v) is 4.99. The lowest BCUT2D eigenvalue weighted by Gasteiger charge is -2.15. The number of halogens is 2. The summed E-state index contributed by atoms with van der Waals surface area (Å²) in [6, 6.07) is 4.01. The Hall–Kier alpha value is -0.200. The molecule has 0 heterocycles. The van der Waals surface area contributed by atoms with Gasteiger partial charge in [-0.25, -0.2) is 4.39 Å². The monoisotopic (exact) mass is 295 g/mol. The molecule has 0 saturated carbocycles. The molecule has 2 nitrogen and oxygen atoms in total. The van der Waals surface area contributed by atoms with Crippen LogP contribution in [0.3, 0.4) is 0 Å². The van der Waals surface area contributed by atoms with Gasteiger partial charge in [0.2, 0.25) is 0 Å². The summed E-state index contributed by atoms with van der Waals surface area (Å²) >= 11 is 2.07. The van der Waals surface area contributed by atoms with Crippen molar-refractivity contribution >= 4 is 22.6 Å². The number of rotatable bonds is 2. The molecule has 72 valence electrons. The molecule has 1 aromatic carbocycles. The molecule has 0 radical (unpaired) electrons. The van der Waals surface area contributed by atoms with E-state index in [9.17, 15) is 9.50 Å². The maximum absolute atomic E-state index is 13.2. The number of benzene rings is 1. The number of aliphatic hydroxyl groups is 1. The summed E-state index contributed by atoms with van der Waals surface area (Å²) in [4.78, 5) is 0. The maximum atomic E-state index is 13.2. The molecular weight excluding hydrogens is 284 g/mol. The molecule has 1 unspecified atom stereocenters. The highest BCUT2D eigenvalue weighted by atomic mass is 127. The van der Waals surface area contributed by atoms with Gasteiger partial charge in [-0.1, -0.05) is 0 Å². The lowest BCUT2D eigenvalue weighted by atomic mass is 10.0. The minimum atomic E-state index is -0.743. The largest absolute Gasteiger partial charge is 0.391 e. The van der Waals surface area contributed by atoms with E-state index in [2.05, 4.69) is 22.6 Å². The van der Waals surface area contributed by atoms with Gasteiger partial charge in [0.15, 0.2) is 0 Å². The van der Waals surface area contributed by atoms with Gasteiger partial charge in [0.05, 0.1) is 12.1 Å². The van der Waals surface area contributed by atoms with Crippen LogP contribution in [0.15, 0.2) is 18.2 Å². The van der Waals surface area contributed by atoms with Crippen LogP contribution in [0.4, 0.5) is 4.39 Å². The molecule has 0 aliphatic carbocycles. The Morgan fingerprint density at radius 3 is 2.69 bits per heavy atom. The first kappa shape index (κ1) is 10.9. The molecule has 0 aliphatic rings. The van der Waals surface area contributed by atoms with Crippen LogP contribution in [0.25, 0.3) is 0 Å². The molecule has 0 spiro atoms. The fourth-order valence-corrected chi connectivity index (χ4v) is 1.55. The zero-order valence-electron chi connectivity index (χ0n) is 7.17. The van der Waals surface area contributed by atoms with Crippen molar-refractivity contribution < 1.29 is 9.50 Å². The zero-order valence-corrected chi connectivity index (χ0v) is 9.32. The Morgan fingerprint density at radius 1 is 1.54 bits per heavy atom. The quantitative estimate of drug-likeness (QED) is 0.817. The van der Waals surface area contributed by atoms with Crippen molar-refractivity contribution in [2.75, 3.05) is 0 Å². The fraction of sp³-hybridized carbons (Fsp3) is 0.333. The van der Waals surface area contributed by atoms with Gasteiger partial charge in [0, 0.05) is 9.13 Å². The van der Waals surface area contributed by atoms with Crippen molar-refractivity contribution in [1.82, 2.24) is 0 Å². The summed E-state index contributed by atoms with van der Waals surface area (Å²) in [5.41, 5.74) is 5.98. The van der Waals surface area contributed by atoms with E-state index in [1.54, 1.807) is 19.1 Å². The third kappa shape index (κ3) is 2.62. The molecule has 0 bridgehead atoms. The third-order valence-corrected chi connectivity index (χ3v) is 2.51. The molecule has 0 aliphatic heterocycles. The van der Waals surface area contributed by atoms with Crippen LogP contribution >= 0.6 is 22.6 Å². The van der Waals surface area contributed by atoms with Crippen molar-refractivity contribution in [3.05, 3.63) is 33.1 Å². The predicted molar refractivity (Wildman–Crippen MR) is 57.7 cm³/mol. The Kier molecular flexibility index (Phi) is 3.63. The maximum Gasteiger partial charge on any atom is 0.128 e. The molecular formula is C9H11FINO. The van der Waals surface area contributed by atoms with Gasteiger partial charge in [-0.2, -0.15) is 0 Å². The molecule has 3 N–H and O–H groups in total. The van der Waals surface area contributed by atoms with E-state index in [-0.39, 0.29) is 5.82 Å². The first-order chi connectivity index (χ1) is 6.02. The molecule has 0 aromatic heterocycles. The second-order valence-corrected chi connectivity index (χ2v) is 4.18. The van der Waals surface area contributed by atoms with Crippen molar-refractivity contribution in [2.24, 2.45) is 5.73 Å². The molecule has 1 aromatic rings. The third-order valence-electron chi connectivity index (χ3n) is 1.84. The van der Waals surface area contributed by atoms with Crippen LogP contribution in [0.1, 0.15) is 18.5 Å². The first-order valence-electron chi connectivity index (χ1n) is 3.91. The van der Waals surface area contributed by atoms with Crippen LogP contribution in [0.5, 0.6) is 0 Å². The van der Waals surface area contributed by atoms with Crippen LogP contribution in [0.2, 0.25) is 0 Å². The Bertz CT molecular complexity index is 304. The highest BCUT2D eigenvalue weighted by Crippen LogP contribution is 2.20. The Balaban J connectivity index is 3.05. The van der Waals surface area contributed by atoms with E-state index in [0.29, 0.717) is 5.56 Å². The second kappa shape index (κ2) is 4.34. The van der Waals surface area contributed by atoms with Gasteiger partial charge in [-0.3, -0.25) is 0 Å². The zero-order chi connectivity index (χ0) is 10.0. The summed E-state index contributed by atoms with van der Waals surface area (Å²) in [6.45, 7) is 1.55. The lowest BCUT2D eigenvalue weighted by Crippen LogP contribution is -2.24. The normalized spacial score (nSPS) is 15.5. The highest BCUT2D eigenvalue weighted by molar-refractivity contribution is 14.1. The molecule has 13 heavy (non-hydrogen) atoms. The minimum Gasteiger partial charge on any atom is -0.391 e. The standard InChI is InChI=1S/C9H11FINO/c1-5(13)9(12)7-4-6(11)2-3-8(7)10/h2-5,9,13H,12H2,1H3/t5?,9-/m1/s1. The molecule has 2 atom stereocenters. The fourth-order valence-electron chi connectivity index (χ4n) is 1.03. The lowest BCUT2D eigenvalue weighted by molar-refractivity contribution is 0.162. The number of hydrogen-bond donors (Lipinski definition) is 2. The van der Waals surface area contributed by atoms with Crippen LogP contribution in [-0.4, -0.2) is 11.2 Å². The Labute approximate surface area is 90.1 Å². The summed E-state index contributed by atoms with van der Waals surface area (Å²) in [5, 5.41) is 9.20.